The van der Waals surface area contributed by atoms with Crippen LogP contribution in [0.1, 0.15) is 29.0 Å². The molecule has 0 saturated heterocycles. The topological polar surface area (TPSA) is 67.1 Å². The molecule has 5 nitrogen and oxygen atoms in total. The molecular formula is C20H19N3O2S. The van der Waals surface area contributed by atoms with E-state index in [4.69, 9.17) is 0 Å². The number of carbonyl (C=O) groups is 1. The summed E-state index contributed by atoms with van der Waals surface area (Å²) in [5, 5.41) is 17.3. The molecule has 132 valence electrons. The predicted molar refractivity (Wildman–Crippen MR) is 104 cm³/mol. The van der Waals surface area contributed by atoms with Crippen LogP contribution in [-0.4, -0.2) is 26.0 Å². The smallest absolute Gasteiger partial charge is 0.238 e. The molecule has 2 atom stereocenters. The highest BCUT2D eigenvalue weighted by atomic mass is 32.2. The number of fused-ring (bicyclic) bond motifs is 1. The molecule has 3 aromatic rings. The Morgan fingerprint density at radius 1 is 1.15 bits per heavy atom. The van der Waals surface area contributed by atoms with E-state index in [1.54, 1.807) is 28.6 Å². The van der Waals surface area contributed by atoms with Crippen molar-refractivity contribution in [3.05, 3.63) is 71.4 Å². The molecular weight excluding hydrogens is 346 g/mol. The number of nitrogens with zero attached hydrogens (tertiary/aromatic N) is 2. The maximum absolute atomic E-state index is 12.6. The number of aromatic hydroxyl groups is 1. The van der Waals surface area contributed by atoms with Gasteiger partial charge in [-0.2, -0.15) is 5.10 Å². The molecule has 0 radical (unpaired) electrons. The first kappa shape index (κ1) is 16.7. The van der Waals surface area contributed by atoms with Crippen LogP contribution in [0.3, 0.4) is 0 Å². The molecule has 2 aromatic carbocycles. The van der Waals surface area contributed by atoms with Crippen LogP contribution in [0.25, 0.3) is 5.69 Å². The summed E-state index contributed by atoms with van der Waals surface area (Å²) < 4.78 is 1.79. The van der Waals surface area contributed by atoms with Crippen LogP contribution in [0, 0.1) is 6.92 Å². The van der Waals surface area contributed by atoms with E-state index in [1.807, 2.05) is 56.3 Å². The summed E-state index contributed by atoms with van der Waals surface area (Å²) in [5.41, 5.74) is 3.68. The molecule has 26 heavy (non-hydrogen) atoms. The highest BCUT2D eigenvalue weighted by molar-refractivity contribution is 8.01. The minimum Gasteiger partial charge on any atom is -0.508 e. The quantitative estimate of drug-likeness (QED) is 0.719. The number of hydrogen-bond acceptors (Lipinski definition) is 4. The standard InChI is InChI=1S/C20H19N3O2S/c1-12-17-18(14-7-6-10-16(24)11-14)26-13(2)20(25)21-19(17)23(22-12)15-8-4-3-5-9-15/h3-11,13,18,24H,1-2H3,(H,21,25). The van der Waals surface area contributed by atoms with Gasteiger partial charge in [0, 0.05) is 5.56 Å². The van der Waals surface area contributed by atoms with Gasteiger partial charge in [0.05, 0.1) is 21.9 Å². The molecule has 0 aliphatic carbocycles. The number of aryl methyl sites for hydroxylation is 1. The van der Waals surface area contributed by atoms with Crippen molar-refractivity contribution in [2.75, 3.05) is 5.32 Å². The van der Waals surface area contributed by atoms with E-state index >= 15 is 0 Å². The van der Waals surface area contributed by atoms with E-state index in [2.05, 4.69) is 10.4 Å². The van der Waals surface area contributed by atoms with E-state index in [9.17, 15) is 9.90 Å². The number of aromatic nitrogens is 2. The molecule has 2 unspecified atom stereocenters. The van der Waals surface area contributed by atoms with E-state index < -0.39 is 0 Å². The van der Waals surface area contributed by atoms with Gasteiger partial charge >= 0.3 is 0 Å². The number of rotatable bonds is 2. The first-order valence-corrected chi connectivity index (χ1v) is 9.39. The second-order valence-electron chi connectivity index (χ2n) is 6.34. The number of phenolic OH excluding ortho intramolecular Hbond substituents is 1. The summed E-state index contributed by atoms with van der Waals surface area (Å²) in [6, 6.07) is 17.0. The third-order valence-electron chi connectivity index (χ3n) is 4.49. The fourth-order valence-corrected chi connectivity index (χ4v) is 4.53. The monoisotopic (exact) mass is 365 g/mol. The molecule has 1 amide bonds. The summed E-state index contributed by atoms with van der Waals surface area (Å²) >= 11 is 1.57. The van der Waals surface area contributed by atoms with Crippen molar-refractivity contribution >= 4 is 23.5 Å². The third-order valence-corrected chi connectivity index (χ3v) is 5.90. The average molecular weight is 365 g/mol. The number of anilines is 1. The average Bonchev–Trinajstić information content (AvgIpc) is 2.88. The van der Waals surface area contributed by atoms with Crippen LogP contribution < -0.4 is 5.32 Å². The van der Waals surface area contributed by atoms with Crippen LogP contribution in [-0.2, 0) is 4.79 Å². The maximum atomic E-state index is 12.6. The molecule has 0 spiro atoms. The molecule has 1 aliphatic heterocycles. The normalized spacial score (nSPS) is 19.5. The van der Waals surface area contributed by atoms with Crippen molar-refractivity contribution in [1.82, 2.24) is 9.78 Å². The zero-order chi connectivity index (χ0) is 18.3. The van der Waals surface area contributed by atoms with Gasteiger partial charge in [0.15, 0.2) is 0 Å². The van der Waals surface area contributed by atoms with Crippen molar-refractivity contribution in [3.8, 4) is 11.4 Å². The number of benzene rings is 2. The van der Waals surface area contributed by atoms with Crippen molar-refractivity contribution in [2.45, 2.75) is 24.3 Å². The van der Waals surface area contributed by atoms with Crippen molar-refractivity contribution in [2.24, 2.45) is 0 Å². The molecule has 0 saturated carbocycles. The lowest BCUT2D eigenvalue weighted by Crippen LogP contribution is -2.22. The summed E-state index contributed by atoms with van der Waals surface area (Å²) in [6.45, 7) is 3.86. The zero-order valence-electron chi connectivity index (χ0n) is 14.5. The Bertz CT molecular complexity index is 968. The summed E-state index contributed by atoms with van der Waals surface area (Å²) in [4.78, 5) is 12.6. The Morgan fingerprint density at radius 2 is 1.92 bits per heavy atom. The number of carbonyl (C=O) groups excluding carboxylic acids is 1. The number of nitrogens with one attached hydrogen (secondary N) is 1. The molecule has 0 fully saturated rings. The van der Waals surface area contributed by atoms with Crippen LogP contribution in [0.2, 0.25) is 0 Å². The fourth-order valence-electron chi connectivity index (χ4n) is 3.21. The van der Waals surface area contributed by atoms with Crippen LogP contribution >= 0.6 is 11.8 Å². The molecule has 1 aliphatic rings. The molecule has 2 heterocycles. The summed E-state index contributed by atoms with van der Waals surface area (Å²) in [6.07, 6.45) is 0. The molecule has 6 heteroatoms. The first-order valence-electron chi connectivity index (χ1n) is 8.45. The first-order chi connectivity index (χ1) is 12.5. The van der Waals surface area contributed by atoms with Gasteiger partial charge in [-0.1, -0.05) is 30.3 Å². The zero-order valence-corrected chi connectivity index (χ0v) is 15.3. The Morgan fingerprint density at radius 3 is 2.65 bits per heavy atom. The molecule has 4 rings (SSSR count). The van der Waals surface area contributed by atoms with E-state index in [0.717, 1.165) is 22.5 Å². The summed E-state index contributed by atoms with van der Waals surface area (Å²) in [7, 11) is 0. The van der Waals surface area contributed by atoms with Gasteiger partial charge in [-0.05, 0) is 43.7 Å². The van der Waals surface area contributed by atoms with E-state index in [-0.39, 0.29) is 22.2 Å². The van der Waals surface area contributed by atoms with Crippen molar-refractivity contribution in [3.63, 3.8) is 0 Å². The molecule has 1 aromatic heterocycles. The second kappa shape index (κ2) is 6.53. The number of para-hydroxylation sites is 1. The minimum absolute atomic E-state index is 0.0454. The van der Waals surface area contributed by atoms with E-state index in [0.29, 0.717) is 5.82 Å². The lowest BCUT2D eigenvalue weighted by atomic mass is 10.0. The highest BCUT2D eigenvalue weighted by Gasteiger charge is 2.34. The number of amides is 1. The largest absolute Gasteiger partial charge is 0.508 e. The molecule has 2 N–H and O–H groups in total. The fraction of sp³-hybridized carbons (Fsp3) is 0.200. The van der Waals surface area contributed by atoms with Gasteiger partial charge in [-0.3, -0.25) is 4.79 Å². The Balaban J connectivity index is 1.92. The SMILES string of the molecule is Cc1nn(-c2ccccc2)c2c1C(c1cccc(O)c1)SC(C)C(=O)N2. The Hall–Kier alpha value is -2.73. The van der Waals surface area contributed by atoms with Gasteiger partial charge in [0.25, 0.3) is 0 Å². The number of phenols is 1. The van der Waals surface area contributed by atoms with Crippen molar-refractivity contribution < 1.29 is 9.90 Å². The van der Waals surface area contributed by atoms with Gasteiger partial charge < -0.3 is 10.4 Å². The van der Waals surface area contributed by atoms with Crippen LogP contribution in [0.4, 0.5) is 5.82 Å². The third kappa shape index (κ3) is 2.86. The Kier molecular flexibility index (Phi) is 4.20. The van der Waals surface area contributed by atoms with Crippen LogP contribution in [0.15, 0.2) is 54.6 Å². The minimum atomic E-state index is -0.224. The van der Waals surface area contributed by atoms with Crippen LogP contribution in [0.5, 0.6) is 5.75 Å². The van der Waals surface area contributed by atoms with Gasteiger partial charge in [-0.25, -0.2) is 4.68 Å². The maximum Gasteiger partial charge on any atom is 0.238 e. The number of thioether (sulfide) groups is 1. The van der Waals surface area contributed by atoms with E-state index in [1.165, 1.54) is 0 Å². The van der Waals surface area contributed by atoms with Gasteiger partial charge in [0.1, 0.15) is 11.6 Å². The Labute approximate surface area is 156 Å². The van der Waals surface area contributed by atoms with Crippen molar-refractivity contribution in [1.29, 1.82) is 0 Å². The number of hydrogen-bond donors (Lipinski definition) is 2. The van der Waals surface area contributed by atoms with Gasteiger partial charge in [0.2, 0.25) is 5.91 Å². The molecule has 0 bridgehead atoms. The lowest BCUT2D eigenvalue weighted by Gasteiger charge is -2.17. The second-order valence-corrected chi connectivity index (χ2v) is 7.79. The predicted octanol–water partition coefficient (Wildman–Crippen LogP) is 4.05. The summed E-state index contributed by atoms with van der Waals surface area (Å²) in [5.74, 6) is 0.869. The highest BCUT2D eigenvalue weighted by Crippen LogP contribution is 2.46. The van der Waals surface area contributed by atoms with Gasteiger partial charge in [-0.15, -0.1) is 11.8 Å². The lowest BCUT2D eigenvalue weighted by molar-refractivity contribution is -0.115.